The third-order valence-electron chi connectivity index (χ3n) is 11.3. The van der Waals surface area contributed by atoms with Crippen molar-refractivity contribution in [3.05, 3.63) is 219 Å². The summed E-state index contributed by atoms with van der Waals surface area (Å²) in [4.78, 5) is 7.34. The first kappa shape index (κ1) is 33.6. The lowest BCUT2D eigenvalue weighted by Gasteiger charge is -2.27. The first-order valence-corrected chi connectivity index (χ1v) is 19.7. The molecule has 2 aromatic heterocycles. The third kappa shape index (κ3) is 5.89. The lowest BCUT2D eigenvalue weighted by Crippen LogP contribution is -2.10. The first-order valence-electron chi connectivity index (χ1n) is 19.7. The van der Waals surface area contributed by atoms with E-state index in [1.807, 2.05) is 6.20 Å². The number of hydrogen-bond donors (Lipinski definition) is 0. The minimum atomic E-state index is 0.837. The Hall–Kier alpha value is -7.75. The molecule has 0 N–H and O–H groups in total. The van der Waals surface area contributed by atoms with E-state index in [0.717, 1.165) is 72.2 Å². The Labute approximate surface area is 336 Å². The summed E-state index contributed by atoms with van der Waals surface area (Å²) in [5.41, 5.74) is 13.8. The monoisotopic (exact) mass is 740 g/mol. The standard InChI is InChI=1S/C55H36N2O/c1-3-12-37(13-4-1)40-24-29-45(30-25-40)57(46-31-26-41(27-32-46)38-14-5-2-6-15-38)51-35-53-55(49-19-10-9-18-48(49)51)54-47(20-11-21-52(54)58-53)44-28-33-50(56-36-44)43-23-22-39-16-7-8-17-42(39)34-43/h1-36H. The van der Waals surface area contributed by atoms with Crippen molar-refractivity contribution in [3.8, 4) is 44.6 Å². The molecule has 0 atom stereocenters. The molecule has 0 unspecified atom stereocenters. The van der Waals surface area contributed by atoms with Crippen molar-refractivity contribution in [1.82, 2.24) is 4.98 Å². The normalized spacial score (nSPS) is 11.4. The SMILES string of the molecule is c1ccc(-c2ccc(N(c3ccc(-c4ccccc4)cc3)c3cc4oc5cccc(-c6ccc(-c7ccc8ccccc8c7)nc6)c5c4c4ccccc34)cc2)cc1. The molecule has 3 heteroatoms. The molecule has 0 spiro atoms. The second kappa shape index (κ2) is 14.1. The van der Waals surface area contributed by atoms with E-state index in [1.165, 1.54) is 33.0 Å². The maximum Gasteiger partial charge on any atom is 0.138 e. The summed E-state index contributed by atoms with van der Waals surface area (Å²) in [6.07, 6.45) is 1.99. The molecule has 0 aliphatic rings. The highest BCUT2D eigenvalue weighted by Crippen LogP contribution is 2.47. The van der Waals surface area contributed by atoms with Gasteiger partial charge in [0.2, 0.25) is 0 Å². The molecule has 58 heavy (non-hydrogen) atoms. The van der Waals surface area contributed by atoms with Crippen LogP contribution in [0.25, 0.3) is 88.1 Å². The number of pyridine rings is 1. The summed E-state index contributed by atoms with van der Waals surface area (Å²) < 4.78 is 6.83. The number of furan rings is 1. The lowest BCUT2D eigenvalue weighted by molar-refractivity contribution is 0.669. The Kier molecular flexibility index (Phi) is 8.15. The molecular formula is C55H36N2O. The average molecular weight is 741 g/mol. The van der Waals surface area contributed by atoms with Crippen molar-refractivity contribution >= 4 is 60.5 Å². The molecule has 0 radical (unpaired) electrons. The predicted octanol–water partition coefficient (Wildman–Crippen LogP) is 15.4. The van der Waals surface area contributed by atoms with E-state index in [9.17, 15) is 0 Å². The number of fused-ring (bicyclic) bond motifs is 6. The van der Waals surface area contributed by atoms with Crippen LogP contribution in [0.3, 0.4) is 0 Å². The molecule has 9 aromatic carbocycles. The van der Waals surface area contributed by atoms with Crippen molar-refractivity contribution in [2.75, 3.05) is 4.90 Å². The Bertz CT molecular complexity index is 3160. The predicted molar refractivity (Wildman–Crippen MR) is 243 cm³/mol. The first-order chi connectivity index (χ1) is 28.7. The van der Waals surface area contributed by atoms with Crippen molar-refractivity contribution in [1.29, 1.82) is 0 Å². The largest absolute Gasteiger partial charge is 0.456 e. The van der Waals surface area contributed by atoms with E-state index in [-0.39, 0.29) is 0 Å². The Balaban J connectivity index is 1.06. The Morgan fingerprint density at radius 2 is 0.931 bits per heavy atom. The quantitative estimate of drug-likeness (QED) is 0.163. The number of benzene rings is 9. The summed E-state index contributed by atoms with van der Waals surface area (Å²) >= 11 is 0. The lowest BCUT2D eigenvalue weighted by atomic mass is 9.96. The van der Waals surface area contributed by atoms with Gasteiger partial charge in [0.05, 0.1) is 11.4 Å². The summed E-state index contributed by atoms with van der Waals surface area (Å²) in [5.74, 6) is 0. The van der Waals surface area contributed by atoms with Crippen LogP contribution >= 0.6 is 0 Å². The van der Waals surface area contributed by atoms with Crippen molar-refractivity contribution in [2.45, 2.75) is 0 Å². The van der Waals surface area contributed by atoms with Gasteiger partial charge in [-0.15, -0.1) is 0 Å². The summed E-state index contributed by atoms with van der Waals surface area (Å²) in [5, 5.41) is 6.89. The van der Waals surface area contributed by atoms with Gasteiger partial charge in [0, 0.05) is 50.9 Å². The molecule has 0 aliphatic heterocycles. The zero-order valence-electron chi connectivity index (χ0n) is 31.6. The second-order valence-corrected chi connectivity index (χ2v) is 14.8. The van der Waals surface area contributed by atoms with Gasteiger partial charge in [-0.25, -0.2) is 0 Å². The van der Waals surface area contributed by atoms with Crippen LogP contribution in [0.4, 0.5) is 17.1 Å². The fourth-order valence-electron chi connectivity index (χ4n) is 8.45. The topological polar surface area (TPSA) is 29.3 Å². The van der Waals surface area contributed by atoms with E-state index in [4.69, 9.17) is 9.40 Å². The van der Waals surface area contributed by atoms with Crippen LogP contribution in [-0.2, 0) is 0 Å². The van der Waals surface area contributed by atoms with Gasteiger partial charge >= 0.3 is 0 Å². The van der Waals surface area contributed by atoms with Crippen LogP contribution in [0.1, 0.15) is 0 Å². The van der Waals surface area contributed by atoms with Crippen LogP contribution < -0.4 is 4.90 Å². The summed E-state index contributed by atoms with van der Waals surface area (Å²) in [6.45, 7) is 0. The van der Waals surface area contributed by atoms with E-state index < -0.39 is 0 Å². The fourth-order valence-corrected chi connectivity index (χ4v) is 8.45. The molecule has 0 amide bonds. The maximum absolute atomic E-state index is 6.83. The Morgan fingerprint density at radius 3 is 1.59 bits per heavy atom. The van der Waals surface area contributed by atoms with Crippen LogP contribution in [0.15, 0.2) is 223 Å². The molecule has 2 heterocycles. The molecule has 0 bridgehead atoms. The van der Waals surface area contributed by atoms with E-state index in [0.29, 0.717) is 0 Å². The molecular weight excluding hydrogens is 705 g/mol. The number of rotatable bonds is 7. The molecule has 3 nitrogen and oxygen atoms in total. The molecule has 0 saturated heterocycles. The smallest absolute Gasteiger partial charge is 0.138 e. The fraction of sp³-hybridized carbons (Fsp3) is 0. The van der Waals surface area contributed by atoms with Gasteiger partial charge in [0.15, 0.2) is 0 Å². The van der Waals surface area contributed by atoms with Gasteiger partial charge in [-0.2, -0.15) is 0 Å². The molecule has 11 rings (SSSR count). The number of anilines is 3. The van der Waals surface area contributed by atoms with Gasteiger partial charge in [-0.05, 0) is 86.4 Å². The highest BCUT2D eigenvalue weighted by molar-refractivity contribution is 6.25. The van der Waals surface area contributed by atoms with Gasteiger partial charge in [0.25, 0.3) is 0 Å². The highest BCUT2D eigenvalue weighted by Gasteiger charge is 2.22. The van der Waals surface area contributed by atoms with Crippen LogP contribution in [-0.4, -0.2) is 4.98 Å². The van der Waals surface area contributed by atoms with Crippen molar-refractivity contribution < 1.29 is 4.42 Å². The van der Waals surface area contributed by atoms with Crippen molar-refractivity contribution in [2.24, 2.45) is 0 Å². The summed E-state index contributed by atoms with van der Waals surface area (Å²) in [6, 6.07) is 75.3. The number of nitrogens with zero attached hydrogens (tertiary/aromatic N) is 2. The third-order valence-corrected chi connectivity index (χ3v) is 11.3. The number of hydrogen-bond acceptors (Lipinski definition) is 3. The average Bonchev–Trinajstić information content (AvgIpc) is 3.69. The molecule has 0 fully saturated rings. The van der Waals surface area contributed by atoms with E-state index in [1.54, 1.807) is 0 Å². The summed E-state index contributed by atoms with van der Waals surface area (Å²) in [7, 11) is 0. The number of aromatic nitrogens is 1. The van der Waals surface area contributed by atoms with Gasteiger partial charge in [-0.1, -0.05) is 164 Å². The van der Waals surface area contributed by atoms with Crippen molar-refractivity contribution in [3.63, 3.8) is 0 Å². The maximum atomic E-state index is 6.83. The van der Waals surface area contributed by atoms with Crippen LogP contribution in [0, 0.1) is 0 Å². The minimum absolute atomic E-state index is 0.837. The van der Waals surface area contributed by atoms with Gasteiger partial charge in [-0.3, -0.25) is 4.98 Å². The zero-order valence-corrected chi connectivity index (χ0v) is 31.6. The molecule has 272 valence electrons. The minimum Gasteiger partial charge on any atom is -0.456 e. The second-order valence-electron chi connectivity index (χ2n) is 14.8. The van der Waals surface area contributed by atoms with Gasteiger partial charge in [0.1, 0.15) is 11.2 Å². The van der Waals surface area contributed by atoms with E-state index in [2.05, 4.69) is 217 Å². The van der Waals surface area contributed by atoms with Gasteiger partial charge < -0.3 is 9.32 Å². The molecule has 0 aliphatic carbocycles. The van der Waals surface area contributed by atoms with E-state index >= 15 is 0 Å². The highest BCUT2D eigenvalue weighted by atomic mass is 16.3. The molecule has 11 aromatic rings. The zero-order chi connectivity index (χ0) is 38.4. The molecule has 0 saturated carbocycles. The van der Waals surface area contributed by atoms with Crippen LogP contribution in [0.2, 0.25) is 0 Å². The Morgan fingerprint density at radius 1 is 0.362 bits per heavy atom. The van der Waals surface area contributed by atoms with Crippen LogP contribution in [0.5, 0.6) is 0 Å².